The van der Waals surface area contributed by atoms with Gasteiger partial charge in [0.1, 0.15) is 18.1 Å². The van der Waals surface area contributed by atoms with Crippen LogP contribution in [0.25, 0.3) is 0 Å². The van der Waals surface area contributed by atoms with Gasteiger partial charge in [-0.2, -0.15) is 0 Å². The maximum Gasteiger partial charge on any atom is 0.261 e. The molecule has 5 nitrogen and oxygen atoms in total. The van der Waals surface area contributed by atoms with E-state index in [1.54, 1.807) is 18.2 Å². The van der Waals surface area contributed by atoms with Crippen LogP contribution in [0.4, 0.5) is 5.69 Å². The van der Waals surface area contributed by atoms with Crippen LogP contribution in [0.5, 0.6) is 11.5 Å². The number of nitrogens with one attached hydrogen (secondary N) is 2. The molecule has 3 rings (SSSR count). The van der Waals surface area contributed by atoms with Crippen LogP contribution >= 0.6 is 12.2 Å². The molecule has 0 saturated heterocycles. The molecule has 0 bridgehead atoms. The highest BCUT2D eigenvalue weighted by Gasteiger charge is 2.14. The molecule has 0 spiro atoms. The summed E-state index contributed by atoms with van der Waals surface area (Å²) >= 11 is 5.30. The Labute approximate surface area is 182 Å². The van der Waals surface area contributed by atoms with Crippen LogP contribution in [-0.2, 0) is 6.61 Å². The van der Waals surface area contributed by atoms with Crippen LogP contribution in [0, 0.1) is 0 Å². The number of rotatable bonds is 7. The van der Waals surface area contributed by atoms with Gasteiger partial charge in [-0.15, -0.1) is 0 Å². The molecule has 0 aliphatic rings. The zero-order valence-corrected chi connectivity index (χ0v) is 17.7. The van der Waals surface area contributed by atoms with E-state index in [1.165, 1.54) is 0 Å². The van der Waals surface area contributed by atoms with E-state index in [4.69, 9.17) is 21.7 Å². The number of hydrogen-bond acceptors (Lipinski definition) is 4. The first-order valence-electron chi connectivity index (χ1n) is 9.66. The fourth-order valence-corrected chi connectivity index (χ4v) is 2.96. The minimum absolute atomic E-state index is 0.0392. The molecule has 0 radical (unpaired) electrons. The fraction of sp³-hybridized carbons (Fsp3) is 0.167. The van der Waals surface area contributed by atoms with E-state index in [2.05, 4.69) is 10.6 Å². The number of ether oxygens (including phenoxy) is 2. The Hall–Kier alpha value is -3.38. The second kappa shape index (κ2) is 10.4. The third-order valence-corrected chi connectivity index (χ3v) is 4.27. The van der Waals surface area contributed by atoms with Crippen molar-refractivity contribution in [1.82, 2.24) is 5.32 Å². The van der Waals surface area contributed by atoms with E-state index in [0.29, 0.717) is 23.7 Å². The standard InChI is InChI=1S/C24H24N2O3S/c1-17(2)29-22-14-7-6-13-21(22)23(27)26-24(30)25-19-11-8-12-20(15-19)28-16-18-9-4-3-5-10-18/h3-15,17H,16H2,1-2H3,(H2,25,26,27,30). The molecule has 0 aliphatic heterocycles. The van der Waals surface area contributed by atoms with Crippen LogP contribution in [0.3, 0.4) is 0 Å². The van der Waals surface area contributed by atoms with Crippen molar-refractivity contribution in [2.24, 2.45) is 0 Å². The van der Waals surface area contributed by atoms with Gasteiger partial charge in [-0.3, -0.25) is 10.1 Å². The van der Waals surface area contributed by atoms with Gasteiger partial charge in [0.25, 0.3) is 5.91 Å². The first kappa shape index (κ1) is 21.3. The summed E-state index contributed by atoms with van der Waals surface area (Å²) < 4.78 is 11.5. The first-order chi connectivity index (χ1) is 14.5. The van der Waals surface area contributed by atoms with Crippen LogP contribution < -0.4 is 20.1 Å². The lowest BCUT2D eigenvalue weighted by atomic mass is 10.2. The van der Waals surface area contributed by atoms with Gasteiger partial charge >= 0.3 is 0 Å². The molecule has 2 N–H and O–H groups in total. The predicted octanol–water partition coefficient (Wildman–Crippen LogP) is 5.18. The molecule has 0 atom stereocenters. The molecule has 30 heavy (non-hydrogen) atoms. The van der Waals surface area contributed by atoms with Crippen molar-refractivity contribution in [3.63, 3.8) is 0 Å². The van der Waals surface area contributed by atoms with Crippen LogP contribution in [0.2, 0.25) is 0 Å². The van der Waals surface area contributed by atoms with Crippen molar-refractivity contribution in [3.05, 3.63) is 90.0 Å². The van der Waals surface area contributed by atoms with Gasteiger partial charge in [-0.25, -0.2) is 0 Å². The van der Waals surface area contributed by atoms with E-state index in [0.717, 1.165) is 11.3 Å². The molecular formula is C24H24N2O3S. The molecule has 0 fully saturated rings. The molecule has 0 aliphatic carbocycles. The molecule has 3 aromatic rings. The number of para-hydroxylation sites is 1. The fourth-order valence-electron chi connectivity index (χ4n) is 2.75. The van der Waals surface area contributed by atoms with Crippen LogP contribution in [0.1, 0.15) is 29.8 Å². The zero-order valence-electron chi connectivity index (χ0n) is 16.9. The molecule has 3 aromatic carbocycles. The van der Waals surface area contributed by atoms with Gasteiger partial charge in [-0.1, -0.05) is 48.5 Å². The molecule has 0 saturated carbocycles. The van der Waals surface area contributed by atoms with Gasteiger partial charge in [0.2, 0.25) is 0 Å². The van der Waals surface area contributed by atoms with Crippen molar-refractivity contribution in [3.8, 4) is 11.5 Å². The van der Waals surface area contributed by atoms with E-state index < -0.39 is 0 Å². The van der Waals surface area contributed by atoms with Crippen molar-refractivity contribution in [2.75, 3.05) is 5.32 Å². The van der Waals surface area contributed by atoms with Crippen molar-refractivity contribution in [1.29, 1.82) is 0 Å². The van der Waals surface area contributed by atoms with E-state index in [9.17, 15) is 4.79 Å². The number of hydrogen-bond donors (Lipinski definition) is 2. The number of thiocarbonyl (C=S) groups is 1. The van der Waals surface area contributed by atoms with Gasteiger partial charge in [0, 0.05) is 11.8 Å². The second-order valence-electron chi connectivity index (χ2n) is 6.87. The number of benzene rings is 3. The Balaban J connectivity index is 1.59. The highest BCUT2D eigenvalue weighted by molar-refractivity contribution is 7.80. The van der Waals surface area contributed by atoms with Crippen LogP contribution in [0.15, 0.2) is 78.9 Å². The molecule has 0 unspecified atom stereocenters. The second-order valence-corrected chi connectivity index (χ2v) is 7.28. The summed E-state index contributed by atoms with van der Waals surface area (Å²) in [6.45, 7) is 4.29. The predicted molar refractivity (Wildman–Crippen MR) is 123 cm³/mol. The van der Waals surface area contributed by atoms with Gasteiger partial charge in [-0.05, 0) is 55.9 Å². The Morgan fingerprint density at radius 1 is 0.967 bits per heavy atom. The number of amides is 1. The Kier molecular flexibility index (Phi) is 7.40. The maximum atomic E-state index is 12.6. The Morgan fingerprint density at radius 2 is 1.70 bits per heavy atom. The summed E-state index contributed by atoms with van der Waals surface area (Å²) in [5.74, 6) is 0.887. The average Bonchev–Trinajstić information content (AvgIpc) is 2.73. The normalized spacial score (nSPS) is 10.4. The molecule has 0 heterocycles. The highest BCUT2D eigenvalue weighted by atomic mass is 32.1. The number of carbonyl (C=O) groups is 1. The highest BCUT2D eigenvalue weighted by Crippen LogP contribution is 2.20. The lowest BCUT2D eigenvalue weighted by Gasteiger charge is -2.15. The van der Waals surface area contributed by atoms with E-state index >= 15 is 0 Å². The number of carbonyl (C=O) groups excluding carboxylic acids is 1. The maximum absolute atomic E-state index is 12.6. The smallest absolute Gasteiger partial charge is 0.261 e. The lowest BCUT2D eigenvalue weighted by Crippen LogP contribution is -2.34. The van der Waals surface area contributed by atoms with Gasteiger partial charge in [0.05, 0.1) is 11.7 Å². The number of anilines is 1. The SMILES string of the molecule is CC(C)Oc1ccccc1C(=O)NC(=S)Nc1cccc(OCc2ccccc2)c1. The van der Waals surface area contributed by atoms with Crippen LogP contribution in [-0.4, -0.2) is 17.1 Å². The summed E-state index contributed by atoms with van der Waals surface area (Å²) in [6, 6.07) is 24.4. The quantitative estimate of drug-likeness (QED) is 0.516. The van der Waals surface area contributed by atoms with Crippen molar-refractivity contribution < 1.29 is 14.3 Å². The Morgan fingerprint density at radius 3 is 2.47 bits per heavy atom. The first-order valence-corrected chi connectivity index (χ1v) is 10.1. The minimum atomic E-state index is -0.333. The monoisotopic (exact) mass is 420 g/mol. The summed E-state index contributed by atoms with van der Waals surface area (Å²) in [5, 5.41) is 5.91. The summed E-state index contributed by atoms with van der Waals surface area (Å²) in [5.41, 5.74) is 2.23. The van der Waals surface area contributed by atoms with Gasteiger partial charge in [0.15, 0.2) is 5.11 Å². The topological polar surface area (TPSA) is 59.6 Å². The largest absolute Gasteiger partial charge is 0.490 e. The van der Waals surface area contributed by atoms with Crippen molar-refractivity contribution >= 4 is 28.9 Å². The van der Waals surface area contributed by atoms with E-state index in [-0.39, 0.29) is 17.1 Å². The Bertz CT molecular complexity index is 1010. The molecule has 6 heteroatoms. The third-order valence-electron chi connectivity index (χ3n) is 4.06. The molecule has 0 aromatic heterocycles. The molecule has 1 amide bonds. The van der Waals surface area contributed by atoms with E-state index in [1.807, 2.05) is 74.5 Å². The summed E-state index contributed by atoms with van der Waals surface area (Å²) in [4.78, 5) is 12.6. The molecule has 154 valence electrons. The zero-order chi connectivity index (χ0) is 21.3. The van der Waals surface area contributed by atoms with Gasteiger partial charge < -0.3 is 14.8 Å². The minimum Gasteiger partial charge on any atom is -0.490 e. The van der Waals surface area contributed by atoms with Crippen molar-refractivity contribution in [2.45, 2.75) is 26.6 Å². The molecular weight excluding hydrogens is 396 g/mol. The summed E-state index contributed by atoms with van der Waals surface area (Å²) in [7, 11) is 0. The average molecular weight is 421 g/mol. The lowest BCUT2D eigenvalue weighted by molar-refractivity contribution is 0.0972. The third kappa shape index (κ3) is 6.32. The summed E-state index contributed by atoms with van der Waals surface area (Å²) in [6.07, 6.45) is -0.0392.